The molecule has 1 saturated heterocycles. The number of carboxylic acids is 1. The van der Waals surface area contributed by atoms with E-state index in [4.69, 9.17) is 4.74 Å². The number of hydrogen-bond acceptors (Lipinski definition) is 9. The van der Waals surface area contributed by atoms with Gasteiger partial charge in [0.05, 0.1) is 11.7 Å². The molecule has 4 rings (SSSR count). The van der Waals surface area contributed by atoms with Crippen molar-refractivity contribution in [3.63, 3.8) is 0 Å². The molecule has 0 radical (unpaired) electrons. The van der Waals surface area contributed by atoms with Crippen molar-refractivity contribution >= 4 is 41.4 Å². The number of β-lactam (4-membered cyclic amide) rings is 1. The maximum atomic E-state index is 13.3. The summed E-state index contributed by atoms with van der Waals surface area (Å²) in [5.41, 5.74) is -0.527. The smallest absolute Gasteiger partial charge is 0.543 e. The van der Waals surface area contributed by atoms with Gasteiger partial charge in [0.25, 0.3) is 11.8 Å². The number of nitrogens with one attached hydrogen (secondary N) is 3. The van der Waals surface area contributed by atoms with E-state index in [-0.39, 0.29) is 53.1 Å². The first kappa shape index (κ1) is 29.2. The number of aliphatic carboxylic acids is 1. The van der Waals surface area contributed by atoms with Crippen molar-refractivity contribution in [2.75, 3.05) is 12.4 Å². The first-order valence-electron chi connectivity index (χ1n) is 11.0. The van der Waals surface area contributed by atoms with E-state index < -0.39 is 58.2 Å². The summed E-state index contributed by atoms with van der Waals surface area (Å²) in [6.45, 7) is 0.869. The molecule has 0 aliphatic carbocycles. The topological polar surface area (TPSA) is 178 Å². The SMILES string of the molecule is CC(=O)OCC1=C(C(=O)[O-])N2C(=O)[C@@H](NC(=O)C(NC(=O)c3c[nH]ccc3=O)c3ccccc3)[C@H]2SC1.[Na+]. The molecule has 38 heavy (non-hydrogen) atoms. The molecule has 3 heterocycles. The van der Waals surface area contributed by atoms with Crippen LogP contribution in [0.5, 0.6) is 0 Å². The van der Waals surface area contributed by atoms with E-state index in [1.807, 2.05) is 0 Å². The zero-order chi connectivity index (χ0) is 26.7. The number of rotatable bonds is 8. The summed E-state index contributed by atoms with van der Waals surface area (Å²) in [6.07, 6.45) is 2.58. The Balaban J connectivity index is 0.00000400. The van der Waals surface area contributed by atoms with E-state index in [0.717, 1.165) is 4.90 Å². The molecule has 2 aromatic rings. The maximum Gasteiger partial charge on any atom is 1.00 e. The third-order valence-electron chi connectivity index (χ3n) is 5.73. The molecule has 3 N–H and O–H groups in total. The number of benzene rings is 1. The fourth-order valence-corrected chi connectivity index (χ4v) is 5.28. The number of hydrogen-bond donors (Lipinski definition) is 3. The molecular weight excluding hydrogens is 527 g/mol. The third kappa shape index (κ3) is 6.01. The number of fused-ring (bicyclic) bond motifs is 1. The minimum atomic E-state index is -1.60. The van der Waals surface area contributed by atoms with Gasteiger partial charge in [0.2, 0.25) is 5.91 Å². The van der Waals surface area contributed by atoms with Gasteiger partial charge in [0.15, 0.2) is 5.43 Å². The normalized spacial score (nSPS) is 18.8. The molecule has 0 bridgehead atoms. The van der Waals surface area contributed by atoms with Crippen molar-refractivity contribution in [2.45, 2.75) is 24.4 Å². The molecule has 0 saturated carbocycles. The summed E-state index contributed by atoms with van der Waals surface area (Å²) in [6, 6.07) is 7.08. The summed E-state index contributed by atoms with van der Waals surface area (Å²) in [5.74, 6) is -4.29. The number of amides is 3. The van der Waals surface area contributed by atoms with Gasteiger partial charge in [0, 0.05) is 36.7 Å². The van der Waals surface area contributed by atoms with Crippen molar-refractivity contribution in [2.24, 2.45) is 0 Å². The van der Waals surface area contributed by atoms with Crippen LogP contribution in [0.3, 0.4) is 0 Å². The van der Waals surface area contributed by atoms with Crippen LogP contribution in [0.1, 0.15) is 28.9 Å². The average Bonchev–Trinajstić information content (AvgIpc) is 2.88. The Morgan fingerprint density at radius 2 is 1.89 bits per heavy atom. The summed E-state index contributed by atoms with van der Waals surface area (Å²) in [7, 11) is 0. The standard InChI is InChI=1S/C24H22N4O8S.Na/c1-12(29)36-10-14-11-37-23-18(22(33)28(23)19(14)24(34)35)27-21(32)17(13-5-3-2-4-6-13)26-20(31)15-9-25-8-7-16(15)30;/h2-9,17-18,23H,10-11H2,1H3,(H,25,30)(H,26,31)(H,27,32)(H,34,35);/q;+1/p-1/t17?,18-,23-;/m1./s1. The van der Waals surface area contributed by atoms with Gasteiger partial charge in [-0.05, 0) is 5.56 Å². The van der Waals surface area contributed by atoms with Crippen LogP contribution in [0.15, 0.2) is 64.9 Å². The number of nitrogens with zero attached hydrogens (tertiary/aromatic N) is 1. The van der Waals surface area contributed by atoms with E-state index in [2.05, 4.69) is 15.6 Å². The van der Waals surface area contributed by atoms with Gasteiger partial charge < -0.3 is 30.3 Å². The quantitative estimate of drug-likeness (QED) is 0.168. The van der Waals surface area contributed by atoms with Gasteiger partial charge in [-0.2, -0.15) is 0 Å². The van der Waals surface area contributed by atoms with Crippen LogP contribution in [-0.2, 0) is 23.9 Å². The van der Waals surface area contributed by atoms with Gasteiger partial charge in [-0.15, -0.1) is 11.8 Å². The van der Waals surface area contributed by atoms with Gasteiger partial charge in [-0.1, -0.05) is 30.3 Å². The van der Waals surface area contributed by atoms with E-state index in [1.165, 1.54) is 37.1 Å². The number of aromatic amines is 1. The van der Waals surface area contributed by atoms with Crippen LogP contribution in [0, 0.1) is 0 Å². The van der Waals surface area contributed by atoms with E-state index >= 15 is 0 Å². The van der Waals surface area contributed by atoms with Gasteiger partial charge in [-0.25, -0.2) is 0 Å². The number of carboxylic acid groups (broad SMARTS) is 1. The fourth-order valence-electron chi connectivity index (χ4n) is 3.96. The van der Waals surface area contributed by atoms with E-state index in [1.54, 1.807) is 30.3 Å². The Morgan fingerprint density at radius 3 is 2.53 bits per heavy atom. The monoisotopic (exact) mass is 548 g/mol. The second-order valence-electron chi connectivity index (χ2n) is 8.16. The first-order valence-corrected chi connectivity index (χ1v) is 12.1. The number of pyridine rings is 1. The van der Waals surface area contributed by atoms with E-state index in [0.29, 0.717) is 5.56 Å². The Kier molecular flexibility index (Phi) is 9.55. The maximum absolute atomic E-state index is 13.3. The van der Waals surface area contributed by atoms with Crippen molar-refractivity contribution in [1.82, 2.24) is 20.5 Å². The minimum Gasteiger partial charge on any atom is -0.543 e. The molecule has 2 aliphatic rings. The second-order valence-corrected chi connectivity index (χ2v) is 9.26. The van der Waals surface area contributed by atoms with Crippen molar-refractivity contribution in [3.05, 3.63) is 81.4 Å². The number of carbonyl (C=O) groups excluding carboxylic acids is 5. The van der Waals surface area contributed by atoms with Crippen molar-refractivity contribution in [1.29, 1.82) is 0 Å². The van der Waals surface area contributed by atoms with Crippen LogP contribution in [-0.4, -0.2) is 63.3 Å². The van der Waals surface area contributed by atoms with Crippen molar-refractivity contribution in [3.8, 4) is 0 Å². The zero-order valence-electron chi connectivity index (χ0n) is 20.4. The molecule has 2 aliphatic heterocycles. The average molecular weight is 549 g/mol. The number of esters is 1. The molecule has 192 valence electrons. The Labute approximate surface area is 242 Å². The Hall–Kier alpha value is -3.39. The third-order valence-corrected chi connectivity index (χ3v) is 7.07. The van der Waals surface area contributed by atoms with Crippen molar-refractivity contribution < 1.29 is 63.4 Å². The predicted octanol–water partition coefficient (Wildman–Crippen LogP) is -4.18. The molecule has 3 amide bonds. The number of aromatic nitrogens is 1. The summed E-state index contributed by atoms with van der Waals surface area (Å²) >= 11 is 1.19. The molecule has 1 aromatic heterocycles. The van der Waals surface area contributed by atoms with Gasteiger partial charge in [-0.3, -0.25) is 28.9 Å². The molecular formula is C24H21N4NaO8S. The second kappa shape index (κ2) is 12.4. The van der Waals surface area contributed by atoms with Crippen LogP contribution in [0.4, 0.5) is 0 Å². The fraction of sp³-hybridized carbons (Fsp3) is 0.250. The number of ether oxygens (including phenoxy) is 1. The summed E-state index contributed by atoms with van der Waals surface area (Å²) < 4.78 is 4.88. The number of H-pyrrole nitrogens is 1. The molecule has 12 nitrogen and oxygen atoms in total. The largest absolute Gasteiger partial charge is 1.00 e. The minimum absolute atomic E-state index is 0. The van der Waals surface area contributed by atoms with Gasteiger partial charge in [0.1, 0.15) is 29.6 Å². The van der Waals surface area contributed by atoms with E-state index in [9.17, 15) is 33.9 Å². The first-order chi connectivity index (χ1) is 17.7. The summed E-state index contributed by atoms with van der Waals surface area (Å²) in [5, 5.41) is 16.1. The zero-order valence-corrected chi connectivity index (χ0v) is 23.2. The molecule has 0 spiro atoms. The van der Waals surface area contributed by atoms with Crippen LogP contribution < -0.4 is 50.7 Å². The Morgan fingerprint density at radius 1 is 1.18 bits per heavy atom. The predicted molar refractivity (Wildman–Crippen MR) is 127 cm³/mol. The van der Waals surface area contributed by atoms with Gasteiger partial charge >= 0.3 is 35.5 Å². The number of thioether (sulfide) groups is 1. The molecule has 3 atom stereocenters. The molecule has 14 heteroatoms. The van der Waals surface area contributed by atoms with Crippen LogP contribution in [0.2, 0.25) is 0 Å². The van der Waals surface area contributed by atoms with Crippen LogP contribution in [0.25, 0.3) is 0 Å². The summed E-state index contributed by atoms with van der Waals surface area (Å²) in [4.78, 5) is 77.6. The Bertz CT molecular complexity index is 1360. The number of carbonyl (C=O) groups is 5. The molecule has 1 aromatic carbocycles. The molecule has 1 fully saturated rings. The molecule has 1 unspecified atom stereocenters. The van der Waals surface area contributed by atoms with Crippen LogP contribution >= 0.6 is 11.8 Å².